The number of ether oxygens (including phenoxy) is 1. The zero-order valence-electron chi connectivity index (χ0n) is 14.2. The number of H-pyrrole nitrogens is 1. The molecule has 2 heterocycles. The van der Waals surface area contributed by atoms with Crippen LogP contribution < -0.4 is 10.1 Å². The maximum atomic E-state index is 12.2. The Kier molecular flexibility index (Phi) is 4.19. The van der Waals surface area contributed by atoms with Crippen LogP contribution in [-0.2, 0) is 17.6 Å². The topological polar surface area (TPSA) is 57.4 Å². The molecule has 1 aliphatic carbocycles. The Morgan fingerprint density at radius 2 is 2.21 bits per heavy atom. The third-order valence-corrected chi connectivity index (χ3v) is 5.40. The molecule has 2 aromatic rings. The number of benzene rings is 1. The molecule has 24 heavy (non-hydrogen) atoms. The summed E-state index contributed by atoms with van der Waals surface area (Å²) < 4.78 is 5.37. The Bertz CT molecular complexity index is 746. The molecule has 1 atom stereocenters. The average Bonchev–Trinajstić information content (AvgIpc) is 3.26. The number of methoxy groups -OCH3 is 1. The van der Waals surface area contributed by atoms with Crippen molar-refractivity contribution >= 4 is 16.8 Å². The van der Waals surface area contributed by atoms with E-state index >= 15 is 0 Å². The van der Waals surface area contributed by atoms with E-state index in [2.05, 4.69) is 22.4 Å². The number of aromatic nitrogens is 1. The summed E-state index contributed by atoms with van der Waals surface area (Å²) in [4.78, 5) is 17.7. The number of nitrogens with zero attached hydrogens (tertiary/aromatic N) is 1. The molecule has 1 aromatic heterocycles. The number of amides is 1. The molecule has 5 heteroatoms. The van der Waals surface area contributed by atoms with Crippen LogP contribution in [0.25, 0.3) is 10.9 Å². The number of nitrogens with one attached hydrogen (secondary N) is 2. The van der Waals surface area contributed by atoms with Gasteiger partial charge in [-0.1, -0.05) is 0 Å². The van der Waals surface area contributed by atoms with Crippen LogP contribution in [0.15, 0.2) is 18.2 Å². The molecule has 1 fully saturated rings. The zero-order valence-corrected chi connectivity index (χ0v) is 14.2. The highest BCUT2D eigenvalue weighted by Gasteiger charge is 2.24. The van der Waals surface area contributed by atoms with Gasteiger partial charge in [-0.25, -0.2) is 0 Å². The summed E-state index contributed by atoms with van der Waals surface area (Å²) in [5.74, 6) is 1.14. The third kappa shape index (κ3) is 2.88. The predicted molar refractivity (Wildman–Crippen MR) is 94.5 cm³/mol. The van der Waals surface area contributed by atoms with Crippen LogP contribution in [0.3, 0.4) is 0 Å². The molecule has 0 spiro atoms. The Morgan fingerprint density at radius 1 is 1.38 bits per heavy atom. The van der Waals surface area contributed by atoms with Crippen LogP contribution >= 0.6 is 0 Å². The van der Waals surface area contributed by atoms with E-state index in [4.69, 9.17) is 4.74 Å². The molecule has 0 radical (unpaired) electrons. The summed E-state index contributed by atoms with van der Waals surface area (Å²) in [5, 5.41) is 4.74. The highest BCUT2D eigenvalue weighted by molar-refractivity contribution is 5.86. The van der Waals surface area contributed by atoms with Crippen molar-refractivity contribution in [3.63, 3.8) is 0 Å². The molecule has 4 rings (SSSR count). The monoisotopic (exact) mass is 327 g/mol. The largest absolute Gasteiger partial charge is 0.497 e. The minimum Gasteiger partial charge on any atom is -0.497 e. The lowest BCUT2D eigenvalue weighted by Gasteiger charge is -2.25. The molecule has 128 valence electrons. The van der Waals surface area contributed by atoms with Gasteiger partial charge in [0.1, 0.15) is 5.75 Å². The van der Waals surface area contributed by atoms with Crippen LogP contribution in [0, 0.1) is 0 Å². The number of hydrogen-bond donors (Lipinski definition) is 2. The number of aryl methyl sites for hydroxylation is 1. The predicted octanol–water partition coefficient (Wildman–Crippen LogP) is 2.25. The number of carbonyl (C=O) groups excluding carboxylic acids is 1. The van der Waals surface area contributed by atoms with Gasteiger partial charge in [0.15, 0.2) is 0 Å². The second-order valence-corrected chi connectivity index (χ2v) is 6.90. The third-order valence-electron chi connectivity index (χ3n) is 5.40. The van der Waals surface area contributed by atoms with Crippen molar-refractivity contribution in [1.29, 1.82) is 0 Å². The lowest BCUT2D eigenvalue weighted by molar-refractivity contribution is -0.129. The fraction of sp³-hybridized carbons (Fsp3) is 0.526. The van der Waals surface area contributed by atoms with Gasteiger partial charge in [0.05, 0.1) is 13.7 Å². The second kappa shape index (κ2) is 6.48. The van der Waals surface area contributed by atoms with E-state index in [9.17, 15) is 4.79 Å². The lowest BCUT2D eigenvalue weighted by atomic mass is 9.91. The van der Waals surface area contributed by atoms with E-state index in [-0.39, 0.29) is 5.91 Å². The highest BCUT2D eigenvalue weighted by atomic mass is 16.5. The molecular formula is C19H25N3O2. The smallest absolute Gasteiger partial charge is 0.236 e. The maximum absolute atomic E-state index is 12.2. The minimum atomic E-state index is 0.249. The van der Waals surface area contributed by atoms with Crippen LogP contribution in [0.4, 0.5) is 0 Å². The minimum absolute atomic E-state index is 0.249. The van der Waals surface area contributed by atoms with Crippen LogP contribution in [-0.4, -0.2) is 48.6 Å². The molecule has 1 saturated heterocycles. The summed E-state index contributed by atoms with van der Waals surface area (Å²) in [6.07, 6.45) is 5.37. The fourth-order valence-electron chi connectivity index (χ4n) is 4.01. The van der Waals surface area contributed by atoms with E-state index < -0.39 is 0 Å². The van der Waals surface area contributed by atoms with E-state index in [1.54, 1.807) is 7.11 Å². The lowest BCUT2D eigenvalue weighted by Crippen LogP contribution is -2.42. The molecular weight excluding hydrogens is 302 g/mol. The Hall–Kier alpha value is -2.01. The molecule has 1 unspecified atom stereocenters. The molecule has 1 aromatic carbocycles. The van der Waals surface area contributed by atoms with Gasteiger partial charge in [-0.05, 0) is 55.9 Å². The van der Waals surface area contributed by atoms with E-state index in [1.807, 2.05) is 11.0 Å². The van der Waals surface area contributed by atoms with Gasteiger partial charge in [-0.2, -0.15) is 0 Å². The summed E-state index contributed by atoms with van der Waals surface area (Å²) in [5.41, 5.74) is 3.89. The molecule has 5 nitrogen and oxygen atoms in total. The molecule has 1 aliphatic heterocycles. The van der Waals surface area contributed by atoms with Gasteiger partial charge >= 0.3 is 0 Å². The molecule has 2 aliphatic rings. The van der Waals surface area contributed by atoms with Crippen LogP contribution in [0.5, 0.6) is 5.75 Å². The second-order valence-electron chi connectivity index (χ2n) is 6.90. The zero-order chi connectivity index (χ0) is 16.5. The van der Waals surface area contributed by atoms with E-state index in [0.29, 0.717) is 12.6 Å². The first-order chi connectivity index (χ1) is 11.7. The average molecular weight is 327 g/mol. The van der Waals surface area contributed by atoms with Gasteiger partial charge in [0, 0.05) is 35.7 Å². The Morgan fingerprint density at radius 3 is 3.00 bits per heavy atom. The number of fused-ring (bicyclic) bond motifs is 3. The fourth-order valence-corrected chi connectivity index (χ4v) is 4.01. The summed E-state index contributed by atoms with van der Waals surface area (Å²) in [6, 6.07) is 6.57. The van der Waals surface area contributed by atoms with Gasteiger partial charge < -0.3 is 19.9 Å². The van der Waals surface area contributed by atoms with Crippen molar-refractivity contribution < 1.29 is 9.53 Å². The number of carbonyl (C=O) groups is 1. The van der Waals surface area contributed by atoms with Gasteiger partial charge in [0.2, 0.25) is 5.91 Å². The Labute approximate surface area is 142 Å². The molecule has 2 N–H and O–H groups in total. The van der Waals surface area contributed by atoms with Crippen molar-refractivity contribution in [1.82, 2.24) is 15.2 Å². The van der Waals surface area contributed by atoms with Gasteiger partial charge in [-0.3, -0.25) is 4.79 Å². The SMILES string of the molecule is COc1ccc2[nH]c3c(c2c1)CC(NCC(=O)N1CCCC1)CC3. The number of rotatable bonds is 4. The highest BCUT2D eigenvalue weighted by Crippen LogP contribution is 2.31. The standard InChI is InChI=1S/C19H25N3O2/c1-24-14-5-7-18-16(11-14)15-10-13(4-6-17(15)21-18)20-12-19(23)22-8-2-3-9-22/h5,7,11,13,20-21H,2-4,6,8-10,12H2,1H3. The summed E-state index contributed by atoms with van der Waals surface area (Å²) in [6.45, 7) is 2.32. The van der Waals surface area contributed by atoms with E-state index in [0.717, 1.165) is 50.9 Å². The van der Waals surface area contributed by atoms with Crippen LogP contribution in [0.1, 0.15) is 30.5 Å². The maximum Gasteiger partial charge on any atom is 0.236 e. The molecule has 1 amide bonds. The number of likely N-dealkylation sites (tertiary alicyclic amines) is 1. The first kappa shape index (κ1) is 15.5. The number of aromatic amines is 1. The van der Waals surface area contributed by atoms with Crippen LogP contribution in [0.2, 0.25) is 0 Å². The molecule has 0 saturated carbocycles. The van der Waals surface area contributed by atoms with Gasteiger partial charge in [-0.15, -0.1) is 0 Å². The van der Waals surface area contributed by atoms with Crippen molar-refractivity contribution in [3.8, 4) is 5.75 Å². The molecule has 0 bridgehead atoms. The van der Waals surface area contributed by atoms with Gasteiger partial charge in [0.25, 0.3) is 0 Å². The number of hydrogen-bond acceptors (Lipinski definition) is 3. The first-order valence-corrected chi connectivity index (χ1v) is 8.93. The van der Waals surface area contributed by atoms with Crippen molar-refractivity contribution in [2.24, 2.45) is 0 Å². The van der Waals surface area contributed by atoms with Crippen molar-refractivity contribution in [2.75, 3.05) is 26.7 Å². The van der Waals surface area contributed by atoms with E-state index in [1.165, 1.54) is 22.2 Å². The normalized spacial score (nSPS) is 20.4. The van der Waals surface area contributed by atoms with Crippen molar-refractivity contribution in [3.05, 3.63) is 29.5 Å². The first-order valence-electron chi connectivity index (χ1n) is 8.93. The van der Waals surface area contributed by atoms with Crippen molar-refractivity contribution in [2.45, 2.75) is 38.1 Å². The summed E-state index contributed by atoms with van der Waals surface area (Å²) in [7, 11) is 1.70. The summed E-state index contributed by atoms with van der Waals surface area (Å²) >= 11 is 0. The Balaban J connectivity index is 1.45. The quantitative estimate of drug-likeness (QED) is 0.905.